The van der Waals surface area contributed by atoms with Gasteiger partial charge in [0, 0.05) is 18.7 Å². The van der Waals surface area contributed by atoms with Crippen LogP contribution in [0.2, 0.25) is 0 Å². The van der Waals surface area contributed by atoms with Gasteiger partial charge >= 0.3 is 5.97 Å². The number of rotatable bonds is 7. The molecule has 0 saturated carbocycles. The normalized spacial score (nSPS) is 9.79. The highest BCUT2D eigenvalue weighted by molar-refractivity contribution is 5.71. The lowest BCUT2D eigenvalue weighted by atomic mass is 10.2. The molecule has 0 aromatic heterocycles. The maximum atomic E-state index is 11.1. The van der Waals surface area contributed by atoms with E-state index in [2.05, 4.69) is 5.32 Å². The van der Waals surface area contributed by atoms with Gasteiger partial charge in [0.05, 0.1) is 11.5 Å². The summed E-state index contributed by atoms with van der Waals surface area (Å²) in [4.78, 5) is 21.5. The minimum atomic E-state index is -0.481. The summed E-state index contributed by atoms with van der Waals surface area (Å²) in [6.45, 7) is 4.13. The molecule has 0 radical (unpaired) electrons. The number of ether oxygens (including phenoxy) is 2. The highest BCUT2D eigenvalue weighted by atomic mass is 16.6. The van der Waals surface area contributed by atoms with E-state index in [0.717, 1.165) is 0 Å². The van der Waals surface area contributed by atoms with E-state index in [4.69, 9.17) is 9.47 Å². The number of nitrogens with zero attached hydrogens (tertiary/aromatic N) is 1. The van der Waals surface area contributed by atoms with Gasteiger partial charge in [-0.3, -0.25) is 10.1 Å². The van der Waals surface area contributed by atoms with Crippen molar-refractivity contribution in [3.63, 3.8) is 0 Å². The zero-order chi connectivity index (χ0) is 14.3. The van der Waals surface area contributed by atoms with Gasteiger partial charge in [0.25, 0.3) is 5.69 Å². The second kappa shape index (κ2) is 7.20. The van der Waals surface area contributed by atoms with E-state index in [9.17, 15) is 14.9 Å². The molecular weight excluding hydrogens is 252 g/mol. The molecule has 1 aromatic carbocycles. The molecule has 7 nitrogen and oxygen atoms in total. The molecule has 1 N–H and O–H groups in total. The fourth-order valence-electron chi connectivity index (χ4n) is 1.44. The largest absolute Gasteiger partial charge is 0.482 e. The zero-order valence-electron chi connectivity index (χ0n) is 10.8. The van der Waals surface area contributed by atoms with Crippen LogP contribution in [-0.4, -0.2) is 30.7 Å². The van der Waals surface area contributed by atoms with E-state index < -0.39 is 10.9 Å². The molecule has 0 bridgehead atoms. The first-order valence-corrected chi connectivity index (χ1v) is 5.89. The Morgan fingerprint density at radius 3 is 2.74 bits per heavy atom. The highest BCUT2D eigenvalue weighted by Gasteiger charge is 2.14. The van der Waals surface area contributed by atoms with Crippen LogP contribution in [0.4, 0.5) is 11.4 Å². The SMILES string of the molecule is CCNc1cc(OCC(=O)OCC)ccc1[N+](=O)[O-]. The van der Waals surface area contributed by atoms with E-state index >= 15 is 0 Å². The van der Waals surface area contributed by atoms with Crippen molar-refractivity contribution in [3.8, 4) is 5.75 Å². The number of nitrogens with one attached hydrogen (secondary N) is 1. The fourth-order valence-corrected chi connectivity index (χ4v) is 1.44. The second-order valence-corrected chi connectivity index (χ2v) is 3.56. The molecule has 7 heteroatoms. The molecule has 104 valence electrons. The predicted octanol–water partition coefficient (Wildman–Crippen LogP) is 1.97. The summed E-state index contributed by atoms with van der Waals surface area (Å²) in [7, 11) is 0. The molecule has 0 fully saturated rings. The lowest BCUT2D eigenvalue weighted by Gasteiger charge is -2.09. The van der Waals surface area contributed by atoms with E-state index in [1.54, 1.807) is 6.92 Å². The Morgan fingerprint density at radius 1 is 1.42 bits per heavy atom. The van der Waals surface area contributed by atoms with Crippen LogP contribution >= 0.6 is 0 Å². The van der Waals surface area contributed by atoms with Crippen molar-refractivity contribution >= 4 is 17.3 Å². The minimum Gasteiger partial charge on any atom is -0.482 e. The van der Waals surface area contributed by atoms with Crippen molar-refractivity contribution in [2.45, 2.75) is 13.8 Å². The summed E-state index contributed by atoms with van der Waals surface area (Å²) in [5.41, 5.74) is 0.319. The average molecular weight is 268 g/mol. The van der Waals surface area contributed by atoms with Crippen LogP contribution in [-0.2, 0) is 9.53 Å². The van der Waals surface area contributed by atoms with Crippen LogP contribution in [0.3, 0.4) is 0 Å². The van der Waals surface area contributed by atoms with Crippen molar-refractivity contribution in [2.75, 3.05) is 25.1 Å². The van der Waals surface area contributed by atoms with E-state index in [0.29, 0.717) is 18.0 Å². The number of hydrogen-bond donors (Lipinski definition) is 1. The summed E-state index contributed by atoms with van der Waals surface area (Å²) in [5.74, 6) is -0.111. The van der Waals surface area contributed by atoms with Gasteiger partial charge in [-0.25, -0.2) is 4.79 Å². The van der Waals surface area contributed by atoms with Gasteiger partial charge in [0.15, 0.2) is 6.61 Å². The topological polar surface area (TPSA) is 90.7 Å². The van der Waals surface area contributed by atoms with Crippen molar-refractivity contribution < 1.29 is 19.2 Å². The van der Waals surface area contributed by atoms with Gasteiger partial charge in [-0.05, 0) is 19.9 Å². The van der Waals surface area contributed by atoms with Crippen LogP contribution in [0, 0.1) is 10.1 Å². The molecule has 0 heterocycles. The van der Waals surface area contributed by atoms with Gasteiger partial charge in [0.2, 0.25) is 0 Å². The zero-order valence-corrected chi connectivity index (χ0v) is 10.8. The summed E-state index contributed by atoms with van der Waals surface area (Å²) in [6.07, 6.45) is 0. The van der Waals surface area contributed by atoms with Crippen molar-refractivity contribution in [2.24, 2.45) is 0 Å². The molecule has 1 rings (SSSR count). The lowest BCUT2D eigenvalue weighted by molar-refractivity contribution is -0.384. The smallest absolute Gasteiger partial charge is 0.344 e. The monoisotopic (exact) mass is 268 g/mol. The predicted molar refractivity (Wildman–Crippen MR) is 69.4 cm³/mol. The first-order chi connectivity index (χ1) is 9.08. The number of benzene rings is 1. The quantitative estimate of drug-likeness (QED) is 0.462. The Kier molecular flexibility index (Phi) is 5.59. The van der Waals surface area contributed by atoms with Gasteiger partial charge in [-0.1, -0.05) is 0 Å². The molecule has 1 aromatic rings. The third-order valence-electron chi connectivity index (χ3n) is 2.19. The highest BCUT2D eigenvalue weighted by Crippen LogP contribution is 2.28. The molecule has 0 aliphatic rings. The number of carbonyl (C=O) groups excluding carboxylic acids is 1. The molecular formula is C12H16N2O5. The van der Waals surface area contributed by atoms with Gasteiger partial charge in [0.1, 0.15) is 11.4 Å². The van der Waals surface area contributed by atoms with Crippen molar-refractivity contribution in [3.05, 3.63) is 28.3 Å². The number of nitro groups is 1. The third kappa shape index (κ3) is 4.46. The Morgan fingerprint density at radius 2 is 2.16 bits per heavy atom. The number of carbonyl (C=O) groups is 1. The first kappa shape index (κ1) is 14.7. The lowest BCUT2D eigenvalue weighted by Crippen LogP contribution is -2.14. The summed E-state index contributed by atoms with van der Waals surface area (Å²) < 4.78 is 9.92. The number of anilines is 1. The Hall–Kier alpha value is -2.31. The average Bonchev–Trinajstić information content (AvgIpc) is 2.37. The fraction of sp³-hybridized carbons (Fsp3) is 0.417. The van der Waals surface area contributed by atoms with Crippen LogP contribution in [0.25, 0.3) is 0 Å². The number of nitro benzene ring substituents is 1. The first-order valence-electron chi connectivity index (χ1n) is 5.89. The summed E-state index contributed by atoms with van der Waals surface area (Å²) >= 11 is 0. The molecule has 0 aliphatic heterocycles. The van der Waals surface area contributed by atoms with Gasteiger partial charge in [-0.2, -0.15) is 0 Å². The maximum Gasteiger partial charge on any atom is 0.344 e. The molecule has 0 spiro atoms. The van der Waals surface area contributed by atoms with Crippen LogP contribution in [0.5, 0.6) is 5.75 Å². The van der Waals surface area contributed by atoms with E-state index in [1.165, 1.54) is 18.2 Å². The molecule has 0 atom stereocenters. The van der Waals surface area contributed by atoms with Gasteiger partial charge in [-0.15, -0.1) is 0 Å². The van der Waals surface area contributed by atoms with E-state index in [-0.39, 0.29) is 18.9 Å². The Bertz CT molecular complexity index is 461. The number of hydrogen-bond acceptors (Lipinski definition) is 6. The third-order valence-corrected chi connectivity index (χ3v) is 2.19. The molecule has 0 saturated heterocycles. The van der Waals surface area contributed by atoms with E-state index in [1.807, 2.05) is 6.92 Å². The van der Waals surface area contributed by atoms with Crippen LogP contribution in [0.1, 0.15) is 13.8 Å². The minimum absolute atomic E-state index is 0.0367. The molecule has 0 aliphatic carbocycles. The van der Waals surface area contributed by atoms with Crippen LogP contribution < -0.4 is 10.1 Å². The standard InChI is InChI=1S/C12H16N2O5/c1-3-13-10-7-9(5-6-11(10)14(16)17)19-8-12(15)18-4-2/h5-7,13H,3-4,8H2,1-2H3. The maximum absolute atomic E-state index is 11.1. The van der Waals surface area contributed by atoms with Gasteiger partial charge < -0.3 is 14.8 Å². The summed E-state index contributed by atoms with van der Waals surface area (Å²) in [5, 5.41) is 13.7. The van der Waals surface area contributed by atoms with Crippen LogP contribution in [0.15, 0.2) is 18.2 Å². The molecule has 0 unspecified atom stereocenters. The number of esters is 1. The molecule has 0 amide bonds. The summed E-state index contributed by atoms with van der Waals surface area (Å²) in [6, 6.07) is 4.26. The van der Waals surface area contributed by atoms with Crippen molar-refractivity contribution in [1.29, 1.82) is 0 Å². The molecule has 19 heavy (non-hydrogen) atoms. The Balaban J connectivity index is 2.77. The van der Waals surface area contributed by atoms with Crippen molar-refractivity contribution in [1.82, 2.24) is 0 Å². The Labute approximate surface area is 110 Å². The second-order valence-electron chi connectivity index (χ2n) is 3.56.